The van der Waals surface area contributed by atoms with E-state index in [1.165, 1.54) is 6.33 Å². The third-order valence-electron chi connectivity index (χ3n) is 3.51. The highest BCUT2D eigenvalue weighted by molar-refractivity contribution is 9.10. The summed E-state index contributed by atoms with van der Waals surface area (Å²) in [6.07, 6.45) is 1.45. The van der Waals surface area contributed by atoms with Crippen molar-refractivity contribution in [3.05, 3.63) is 46.3 Å². The van der Waals surface area contributed by atoms with Crippen molar-refractivity contribution in [1.82, 2.24) is 24.9 Å². The number of nitrogens with one attached hydrogen (secondary N) is 2. The summed E-state index contributed by atoms with van der Waals surface area (Å²) in [5.41, 5.74) is 1.37. The highest BCUT2D eigenvalue weighted by Crippen LogP contribution is 2.22. The number of aromatic nitrogens is 4. The lowest BCUT2D eigenvalue weighted by Crippen LogP contribution is -2.29. The van der Waals surface area contributed by atoms with Crippen LogP contribution in [0.1, 0.15) is 16.1 Å². The third kappa shape index (κ3) is 3.87. The van der Waals surface area contributed by atoms with E-state index in [2.05, 4.69) is 41.6 Å². The van der Waals surface area contributed by atoms with E-state index < -0.39 is 0 Å². The number of halogens is 1. The average molecular weight is 405 g/mol. The number of hydrogen-bond acceptors (Lipinski definition) is 6. The molecule has 0 aliphatic heterocycles. The van der Waals surface area contributed by atoms with Gasteiger partial charge in [0.2, 0.25) is 0 Å². The van der Waals surface area contributed by atoms with Gasteiger partial charge in [-0.2, -0.15) is 14.6 Å². The fourth-order valence-electron chi connectivity index (χ4n) is 2.32. The first-order valence-electron chi connectivity index (χ1n) is 7.61. The van der Waals surface area contributed by atoms with Gasteiger partial charge in [0, 0.05) is 29.3 Å². The van der Waals surface area contributed by atoms with Crippen molar-refractivity contribution in [2.45, 2.75) is 6.92 Å². The van der Waals surface area contributed by atoms with E-state index in [1.54, 1.807) is 29.8 Å². The Bertz CT molecular complexity index is 911. The maximum absolute atomic E-state index is 12.3. The Hall–Kier alpha value is -2.68. The van der Waals surface area contributed by atoms with Gasteiger partial charge in [-0.25, -0.2) is 4.98 Å². The number of amides is 1. The van der Waals surface area contributed by atoms with E-state index in [1.807, 2.05) is 13.0 Å². The second-order valence-electron chi connectivity index (χ2n) is 5.28. The van der Waals surface area contributed by atoms with E-state index in [-0.39, 0.29) is 5.91 Å². The largest absolute Gasteiger partial charge is 0.497 e. The minimum atomic E-state index is -0.176. The first-order chi connectivity index (χ1) is 12.1. The summed E-state index contributed by atoms with van der Waals surface area (Å²) in [6.45, 7) is 2.87. The molecule has 3 rings (SSSR count). The predicted octanol–water partition coefficient (Wildman–Crippen LogP) is 2.05. The second kappa shape index (κ2) is 7.47. The lowest BCUT2D eigenvalue weighted by molar-refractivity contribution is 0.0954. The van der Waals surface area contributed by atoms with Crippen molar-refractivity contribution in [2.24, 2.45) is 0 Å². The number of aryl methyl sites for hydroxylation is 1. The molecule has 2 heterocycles. The zero-order chi connectivity index (χ0) is 17.8. The molecular formula is C16H17BrN6O2. The minimum Gasteiger partial charge on any atom is -0.497 e. The molecule has 0 bridgehead atoms. The highest BCUT2D eigenvalue weighted by atomic mass is 79.9. The minimum absolute atomic E-state index is 0.176. The normalized spacial score (nSPS) is 10.7. The number of anilines is 1. The monoisotopic (exact) mass is 404 g/mol. The van der Waals surface area contributed by atoms with E-state index in [0.717, 1.165) is 11.5 Å². The fourth-order valence-corrected chi connectivity index (χ4v) is 2.75. The van der Waals surface area contributed by atoms with Crippen LogP contribution in [0, 0.1) is 6.92 Å². The number of methoxy groups -OCH3 is 1. The van der Waals surface area contributed by atoms with Gasteiger partial charge in [-0.1, -0.05) is 0 Å². The average Bonchev–Trinajstić information content (AvgIpc) is 3.07. The van der Waals surface area contributed by atoms with E-state index in [4.69, 9.17) is 4.74 Å². The molecule has 2 aromatic heterocycles. The molecule has 9 heteroatoms. The number of hydrogen-bond donors (Lipinski definition) is 2. The molecule has 0 fully saturated rings. The van der Waals surface area contributed by atoms with Gasteiger partial charge in [0.15, 0.2) is 0 Å². The van der Waals surface area contributed by atoms with Gasteiger partial charge in [0.1, 0.15) is 17.9 Å². The van der Waals surface area contributed by atoms with Crippen LogP contribution in [0.3, 0.4) is 0 Å². The quantitative estimate of drug-likeness (QED) is 0.610. The maximum Gasteiger partial charge on any atom is 0.254 e. The van der Waals surface area contributed by atoms with Crippen LogP contribution in [-0.2, 0) is 0 Å². The van der Waals surface area contributed by atoms with Crippen molar-refractivity contribution in [3.63, 3.8) is 0 Å². The van der Waals surface area contributed by atoms with Gasteiger partial charge in [-0.15, -0.1) is 0 Å². The summed E-state index contributed by atoms with van der Waals surface area (Å²) in [5, 5.41) is 10.2. The van der Waals surface area contributed by atoms with Crippen LogP contribution in [0.2, 0.25) is 0 Å². The van der Waals surface area contributed by atoms with Crippen LogP contribution < -0.4 is 15.4 Å². The topological polar surface area (TPSA) is 93.4 Å². The van der Waals surface area contributed by atoms with Crippen LogP contribution in [0.4, 0.5) is 5.82 Å². The lowest BCUT2D eigenvalue weighted by Gasteiger charge is -2.11. The van der Waals surface area contributed by atoms with Gasteiger partial charge in [-0.3, -0.25) is 4.79 Å². The van der Waals surface area contributed by atoms with E-state index >= 15 is 0 Å². The Balaban J connectivity index is 1.59. The van der Waals surface area contributed by atoms with Crippen LogP contribution in [-0.4, -0.2) is 45.7 Å². The molecule has 0 aliphatic rings. The summed E-state index contributed by atoms with van der Waals surface area (Å²) >= 11 is 3.38. The van der Waals surface area contributed by atoms with Crippen molar-refractivity contribution in [1.29, 1.82) is 0 Å². The van der Waals surface area contributed by atoms with Crippen LogP contribution in [0.5, 0.6) is 5.75 Å². The van der Waals surface area contributed by atoms with Crippen LogP contribution >= 0.6 is 15.9 Å². The first-order valence-corrected chi connectivity index (χ1v) is 8.41. The molecule has 8 nitrogen and oxygen atoms in total. The fraction of sp³-hybridized carbons (Fsp3) is 0.250. The van der Waals surface area contributed by atoms with Crippen molar-refractivity contribution in [2.75, 3.05) is 25.5 Å². The number of fused-ring (bicyclic) bond motifs is 1. The number of benzene rings is 1. The SMILES string of the molecule is COc1ccc(Br)c(C(=O)NCCNc2cc(C)nc3ncnn23)c1. The van der Waals surface area contributed by atoms with Crippen molar-refractivity contribution in [3.8, 4) is 5.75 Å². The molecule has 0 aliphatic carbocycles. The van der Waals surface area contributed by atoms with Crippen LogP contribution in [0.25, 0.3) is 5.78 Å². The lowest BCUT2D eigenvalue weighted by atomic mass is 10.2. The molecule has 0 saturated heterocycles. The number of carbonyl (C=O) groups is 1. The van der Waals surface area contributed by atoms with Gasteiger partial charge >= 0.3 is 0 Å². The molecule has 25 heavy (non-hydrogen) atoms. The number of rotatable bonds is 6. The third-order valence-corrected chi connectivity index (χ3v) is 4.21. The molecule has 0 atom stereocenters. The molecule has 0 spiro atoms. The first kappa shape index (κ1) is 17.2. The number of carbonyl (C=O) groups excluding carboxylic acids is 1. The Morgan fingerprint density at radius 1 is 1.32 bits per heavy atom. The summed E-state index contributed by atoms with van der Waals surface area (Å²) in [6, 6.07) is 7.14. The second-order valence-corrected chi connectivity index (χ2v) is 6.14. The zero-order valence-corrected chi connectivity index (χ0v) is 15.4. The maximum atomic E-state index is 12.3. The predicted molar refractivity (Wildman–Crippen MR) is 97.0 cm³/mol. The standard InChI is InChI=1S/C16H17BrN6O2/c1-10-7-14(23-16(22-10)20-9-21-23)18-5-6-19-15(24)12-8-11(25-2)3-4-13(12)17/h3-4,7-9,18H,5-6H2,1-2H3,(H,19,24). The molecule has 2 N–H and O–H groups in total. The summed E-state index contributed by atoms with van der Waals surface area (Å²) in [4.78, 5) is 20.7. The van der Waals surface area contributed by atoms with Crippen LogP contribution in [0.15, 0.2) is 35.1 Å². The van der Waals surface area contributed by atoms with E-state index in [9.17, 15) is 4.79 Å². The van der Waals surface area contributed by atoms with Gasteiger partial charge in [-0.05, 0) is 41.1 Å². The van der Waals surface area contributed by atoms with Gasteiger partial charge < -0.3 is 15.4 Å². The molecule has 1 aromatic carbocycles. The Labute approximate surface area is 152 Å². The number of ether oxygens (including phenoxy) is 1. The highest BCUT2D eigenvalue weighted by Gasteiger charge is 2.11. The molecule has 1 amide bonds. The molecule has 3 aromatic rings. The summed E-state index contributed by atoms with van der Waals surface area (Å²) < 4.78 is 7.49. The Morgan fingerprint density at radius 3 is 2.96 bits per heavy atom. The van der Waals surface area contributed by atoms with E-state index in [0.29, 0.717) is 34.7 Å². The molecule has 0 radical (unpaired) electrons. The molecule has 0 saturated carbocycles. The summed E-state index contributed by atoms with van der Waals surface area (Å²) in [5.74, 6) is 1.76. The van der Waals surface area contributed by atoms with Crippen molar-refractivity contribution >= 4 is 33.4 Å². The summed E-state index contributed by atoms with van der Waals surface area (Å²) in [7, 11) is 1.57. The Kier molecular flexibility index (Phi) is 5.13. The molecular weight excluding hydrogens is 388 g/mol. The Morgan fingerprint density at radius 2 is 2.16 bits per heavy atom. The molecule has 130 valence electrons. The number of nitrogens with zero attached hydrogens (tertiary/aromatic N) is 4. The van der Waals surface area contributed by atoms with Crippen molar-refractivity contribution < 1.29 is 9.53 Å². The zero-order valence-electron chi connectivity index (χ0n) is 13.8. The smallest absolute Gasteiger partial charge is 0.254 e. The molecule has 0 unspecified atom stereocenters. The van der Waals surface area contributed by atoms with Gasteiger partial charge in [0.05, 0.1) is 12.7 Å². The van der Waals surface area contributed by atoms with Gasteiger partial charge in [0.25, 0.3) is 11.7 Å².